The molecule has 202 valence electrons. The molecule has 0 atom stereocenters. The van der Waals surface area contributed by atoms with Gasteiger partial charge < -0.3 is 15.0 Å². The monoisotopic (exact) mass is 541 g/mol. The summed E-state index contributed by atoms with van der Waals surface area (Å²) in [6.45, 7) is 2.46. The van der Waals surface area contributed by atoms with Crippen molar-refractivity contribution >= 4 is 23.3 Å². The Hall–Kier alpha value is -2.60. The van der Waals surface area contributed by atoms with E-state index in [0.717, 1.165) is 27.5 Å². The van der Waals surface area contributed by atoms with Crippen LogP contribution in [0.3, 0.4) is 0 Å². The highest BCUT2D eigenvalue weighted by molar-refractivity contribution is 7.13. The van der Waals surface area contributed by atoms with Crippen LogP contribution in [0.2, 0.25) is 0 Å². The molecule has 0 aromatic carbocycles. The molecule has 2 aromatic rings. The molecule has 0 spiro atoms. The van der Waals surface area contributed by atoms with Crippen LogP contribution in [0.1, 0.15) is 54.1 Å². The second-order valence-electron chi connectivity index (χ2n) is 9.68. The van der Waals surface area contributed by atoms with Crippen molar-refractivity contribution in [2.75, 3.05) is 26.2 Å². The van der Waals surface area contributed by atoms with Gasteiger partial charge in [-0.15, -0.1) is 0 Å². The van der Waals surface area contributed by atoms with E-state index in [9.17, 15) is 18.0 Å². The molecule has 4 rings (SSSR count). The van der Waals surface area contributed by atoms with Crippen LogP contribution in [-0.4, -0.2) is 69.9 Å². The third-order valence-electron chi connectivity index (χ3n) is 6.77. The third kappa shape index (κ3) is 8.46. The Bertz CT molecular complexity index is 1060. The van der Waals surface area contributed by atoms with Gasteiger partial charge in [-0.1, -0.05) is 11.3 Å². The Morgan fingerprint density at radius 2 is 1.95 bits per heavy atom. The molecule has 2 aromatic heterocycles. The third-order valence-corrected chi connectivity index (χ3v) is 7.84. The predicted molar refractivity (Wildman–Crippen MR) is 132 cm³/mol. The molecule has 0 saturated heterocycles. The zero-order valence-corrected chi connectivity index (χ0v) is 21.5. The maximum absolute atomic E-state index is 15.5. The first-order valence-electron chi connectivity index (χ1n) is 12.4. The summed E-state index contributed by atoms with van der Waals surface area (Å²) in [4.78, 5) is 27.8. The smallest absolute Gasteiger partial charge is 0.422 e. The van der Waals surface area contributed by atoms with Crippen LogP contribution in [0.15, 0.2) is 18.5 Å². The number of rotatable bonds is 8. The Morgan fingerprint density at radius 1 is 1.24 bits per heavy atom. The number of carbonyl (C=O) groups is 1. The van der Waals surface area contributed by atoms with Crippen molar-refractivity contribution < 1.29 is 27.1 Å². The molecule has 0 bridgehead atoms. The first-order valence-corrected chi connectivity index (χ1v) is 13.3. The van der Waals surface area contributed by atoms with Crippen LogP contribution in [-0.2, 0) is 17.6 Å². The Balaban J connectivity index is 1.17. The number of thiazole rings is 1. The molecule has 1 amide bonds. The number of ether oxygens (including phenoxy) is 1. The van der Waals surface area contributed by atoms with Crippen LogP contribution in [0, 0.1) is 6.92 Å². The predicted octanol–water partition coefficient (Wildman–Crippen LogP) is 4.45. The van der Waals surface area contributed by atoms with E-state index in [2.05, 4.69) is 25.2 Å². The molecule has 2 aliphatic rings. The van der Waals surface area contributed by atoms with Gasteiger partial charge in [0.1, 0.15) is 11.5 Å². The van der Waals surface area contributed by atoms with E-state index < -0.39 is 18.5 Å². The number of aryl methyl sites for hydroxylation is 1. The molecular weight excluding hydrogens is 510 g/mol. The minimum atomic E-state index is -4.39. The number of fused-ring (bicyclic) bond motifs is 1. The normalized spacial score (nSPS) is 23.0. The van der Waals surface area contributed by atoms with E-state index >= 15 is 4.39 Å². The second-order valence-corrected chi connectivity index (χ2v) is 10.7. The van der Waals surface area contributed by atoms with Crippen LogP contribution < -0.4 is 10.1 Å². The summed E-state index contributed by atoms with van der Waals surface area (Å²) in [6, 6.07) is -0.0516. The maximum Gasteiger partial charge on any atom is 0.422 e. The van der Waals surface area contributed by atoms with Gasteiger partial charge >= 0.3 is 6.18 Å². The topological polar surface area (TPSA) is 80.2 Å². The molecule has 1 N–H and O–H groups in total. The lowest BCUT2D eigenvalue weighted by Crippen LogP contribution is -2.42. The molecule has 0 unspecified atom stereocenters. The number of hydrogen-bond donors (Lipinski definition) is 1. The summed E-state index contributed by atoms with van der Waals surface area (Å²) in [6.07, 6.45) is 5.68. The molecule has 1 aliphatic heterocycles. The zero-order chi connectivity index (χ0) is 26.5. The summed E-state index contributed by atoms with van der Waals surface area (Å²) >= 11 is 1.16. The van der Waals surface area contributed by atoms with Gasteiger partial charge in [0.25, 0.3) is 5.19 Å². The number of amides is 1. The Morgan fingerprint density at radius 3 is 2.65 bits per heavy atom. The van der Waals surface area contributed by atoms with E-state index in [0.29, 0.717) is 70.4 Å². The summed E-state index contributed by atoms with van der Waals surface area (Å²) in [5, 5.41) is 3.02. The van der Waals surface area contributed by atoms with Crippen molar-refractivity contribution in [3.05, 3.63) is 40.4 Å². The summed E-state index contributed by atoms with van der Waals surface area (Å²) in [5.74, 6) is 0.449. The minimum Gasteiger partial charge on any atom is -0.460 e. The number of carbonyl (C=O) groups excluding carboxylic acids is 1. The van der Waals surface area contributed by atoms with Crippen molar-refractivity contribution in [1.29, 1.82) is 0 Å². The zero-order valence-electron chi connectivity index (χ0n) is 20.7. The van der Waals surface area contributed by atoms with Gasteiger partial charge in [0.05, 0.1) is 5.69 Å². The first kappa shape index (κ1) is 27.4. The van der Waals surface area contributed by atoms with E-state index in [-0.39, 0.29) is 17.1 Å². The average molecular weight is 542 g/mol. The molecule has 3 heterocycles. The fourth-order valence-corrected chi connectivity index (χ4v) is 5.56. The molecule has 7 nitrogen and oxygen atoms in total. The summed E-state index contributed by atoms with van der Waals surface area (Å²) in [7, 11) is 0. The lowest BCUT2D eigenvalue weighted by Gasteiger charge is -2.35. The van der Waals surface area contributed by atoms with Crippen LogP contribution in [0.5, 0.6) is 5.19 Å². The largest absolute Gasteiger partial charge is 0.460 e. The first-order chi connectivity index (χ1) is 17.6. The number of alkyl halides is 4. The second kappa shape index (κ2) is 11.8. The summed E-state index contributed by atoms with van der Waals surface area (Å²) in [5.41, 5.74) is 0.256. The summed E-state index contributed by atoms with van der Waals surface area (Å²) < 4.78 is 57.4. The Kier molecular flexibility index (Phi) is 8.79. The van der Waals surface area contributed by atoms with E-state index in [1.807, 2.05) is 0 Å². The van der Waals surface area contributed by atoms with Crippen molar-refractivity contribution in [3.63, 3.8) is 0 Å². The van der Waals surface area contributed by atoms with Crippen molar-refractivity contribution in [2.45, 2.75) is 69.8 Å². The number of halogens is 4. The standard InChI is InChI=1S/C25H31F4N5O2S/c1-17-30-14-18(15-31-17)2-3-22(35)32-19-4-8-24(26,9-5-19)10-13-34-11-6-20-21(7-12-34)37-23(33-20)36-16-25(27,28)29/h2-3,14-15,19H,4-13,16H2,1H3,(H,32,35)/b3-2+. The molecule has 12 heteroatoms. The van der Waals surface area contributed by atoms with Gasteiger partial charge in [-0.2, -0.15) is 13.2 Å². The van der Waals surface area contributed by atoms with Gasteiger partial charge in [0, 0.05) is 61.0 Å². The molecule has 1 aliphatic carbocycles. The Labute approximate surface area is 217 Å². The SMILES string of the molecule is Cc1ncc(/C=C/C(=O)NC2CCC(F)(CCN3CCc4nc(OCC(F)(F)F)sc4CC3)CC2)cn1. The molecule has 37 heavy (non-hydrogen) atoms. The van der Waals surface area contributed by atoms with Crippen LogP contribution in [0.4, 0.5) is 17.6 Å². The lowest BCUT2D eigenvalue weighted by molar-refractivity contribution is -0.153. The van der Waals surface area contributed by atoms with Crippen LogP contribution in [0.25, 0.3) is 6.08 Å². The number of hydrogen-bond acceptors (Lipinski definition) is 7. The fraction of sp³-hybridized carbons (Fsp3) is 0.600. The lowest BCUT2D eigenvalue weighted by atomic mass is 9.81. The molecule has 1 fully saturated rings. The highest BCUT2D eigenvalue weighted by Gasteiger charge is 2.36. The van der Waals surface area contributed by atoms with Gasteiger partial charge in [-0.25, -0.2) is 19.3 Å². The quantitative estimate of drug-likeness (QED) is 0.393. The molecule has 0 radical (unpaired) electrons. The number of nitrogens with one attached hydrogen (secondary N) is 1. The fourth-order valence-electron chi connectivity index (χ4n) is 4.61. The van der Waals surface area contributed by atoms with Gasteiger partial charge in [-0.3, -0.25) is 4.79 Å². The number of aromatic nitrogens is 3. The van der Waals surface area contributed by atoms with Crippen molar-refractivity contribution in [3.8, 4) is 5.19 Å². The highest BCUT2D eigenvalue weighted by Crippen LogP contribution is 2.36. The minimum absolute atomic E-state index is 0.0516. The number of nitrogens with zero attached hydrogens (tertiary/aromatic N) is 4. The van der Waals surface area contributed by atoms with Gasteiger partial charge in [0.15, 0.2) is 6.61 Å². The van der Waals surface area contributed by atoms with Gasteiger partial charge in [0.2, 0.25) is 5.91 Å². The van der Waals surface area contributed by atoms with E-state index in [1.54, 1.807) is 25.4 Å². The molecule has 1 saturated carbocycles. The maximum atomic E-state index is 15.5. The highest BCUT2D eigenvalue weighted by atomic mass is 32.1. The van der Waals surface area contributed by atoms with Crippen molar-refractivity contribution in [2.24, 2.45) is 0 Å². The average Bonchev–Trinajstić information content (AvgIpc) is 3.15. The van der Waals surface area contributed by atoms with E-state index in [4.69, 9.17) is 4.74 Å². The van der Waals surface area contributed by atoms with Crippen LogP contribution >= 0.6 is 11.3 Å². The van der Waals surface area contributed by atoms with Crippen molar-refractivity contribution in [1.82, 2.24) is 25.2 Å². The van der Waals surface area contributed by atoms with E-state index in [1.165, 1.54) is 6.08 Å². The molecular formula is C25H31F4N5O2S. The van der Waals surface area contributed by atoms with Gasteiger partial charge in [-0.05, 0) is 51.5 Å².